The Balaban J connectivity index is 2.23. The molecule has 0 amide bonds. The number of fused-ring (bicyclic) bond motifs is 3. The fourth-order valence-electron chi connectivity index (χ4n) is 2.99. The highest BCUT2D eigenvalue weighted by atomic mass is 32.2. The first kappa shape index (κ1) is 14.9. The van der Waals surface area contributed by atoms with Gasteiger partial charge in [0.25, 0.3) is 5.56 Å². The Kier molecular flexibility index (Phi) is 3.38. The Labute approximate surface area is 142 Å². The topological polar surface area (TPSA) is 65.1 Å². The minimum absolute atomic E-state index is 0.159. The molecule has 0 saturated heterocycles. The molecule has 0 aliphatic heterocycles. The van der Waals surface area contributed by atoms with E-state index in [1.807, 2.05) is 48.9 Å². The number of hydrogen-bond donors (Lipinski definition) is 0. The third kappa shape index (κ3) is 2.05. The van der Waals surface area contributed by atoms with E-state index in [2.05, 4.69) is 15.0 Å². The van der Waals surface area contributed by atoms with Crippen molar-refractivity contribution in [3.63, 3.8) is 0 Å². The van der Waals surface area contributed by atoms with Crippen LogP contribution < -0.4 is 5.56 Å². The fraction of sp³-hybridized carbons (Fsp3) is 0.176. The van der Waals surface area contributed by atoms with Crippen molar-refractivity contribution in [3.8, 4) is 5.69 Å². The minimum Gasteiger partial charge on any atom is -0.268 e. The van der Waals surface area contributed by atoms with Gasteiger partial charge >= 0.3 is 0 Å². The number of nitrogens with zero attached hydrogens (tertiary/aromatic N) is 5. The second-order valence-electron chi connectivity index (χ2n) is 5.57. The lowest BCUT2D eigenvalue weighted by Gasteiger charge is -2.15. The summed E-state index contributed by atoms with van der Waals surface area (Å²) in [5.74, 6) is 0.552. The average Bonchev–Trinajstić information content (AvgIpc) is 3.06. The zero-order valence-corrected chi connectivity index (χ0v) is 14.3. The number of aryl methyl sites for hydroxylation is 2. The van der Waals surface area contributed by atoms with Gasteiger partial charge in [0, 0.05) is 18.6 Å². The van der Waals surface area contributed by atoms with Crippen LogP contribution >= 0.6 is 11.8 Å². The third-order valence-corrected chi connectivity index (χ3v) is 4.64. The largest absolute Gasteiger partial charge is 0.270 e. The molecule has 7 heteroatoms. The molecule has 120 valence electrons. The van der Waals surface area contributed by atoms with Gasteiger partial charge in [0.1, 0.15) is 5.39 Å². The van der Waals surface area contributed by atoms with Crippen LogP contribution in [-0.2, 0) is 0 Å². The van der Waals surface area contributed by atoms with E-state index in [1.165, 1.54) is 11.8 Å². The van der Waals surface area contributed by atoms with Crippen LogP contribution in [0.25, 0.3) is 22.5 Å². The smallest absolute Gasteiger partial charge is 0.268 e. The van der Waals surface area contributed by atoms with Crippen LogP contribution in [0.5, 0.6) is 0 Å². The summed E-state index contributed by atoms with van der Waals surface area (Å²) in [7, 11) is 0. The quantitative estimate of drug-likeness (QED) is 0.416. The van der Waals surface area contributed by atoms with Crippen molar-refractivity contribution in [2.45, 2.75) is 19.0 Å². The van der Waals surface area contributed by atoms with Crippen molar-refractivity contribution in [1.82, 2.24) is 23.9 Å². The van der Waals surface area contributed by atoms with E-state index in [-0.39, 0.29) is 5.56 Å². The summed E-state index contributed by atoms with van der Waals surface area (Å²) in [6, 6.07) is 5.97. The minimum atomic E-state index is -0.159. The predicted octanol–water partition coefficient (Wildman–Crippen LogP) is 2.77. The lowest BCUT2D eigenvalue weighted by molar-refractivity contribution is 0.917. The molecule has 0 radical (unpaired) electrons. The van der Waals surface area contributed by atoms with Gasteiger partial charge in [0.05, 0.1) is 5.69 Å². The zero-order valence-electron chi connectivity index (χ0n) is 13.5. The highest BCUT2D eigenvalue weighted by Gasteiger charge is 2.17. The van der Waals surface area contributed by atoms with E-state index in [1.54, 1.807) is 17.0 Å². The van der Waals surface area contributed by atoms with Crippen LogP contribution in [-0.4, -0.2) is 30.2 Å². The summed E-state index contributed by atoms with van der Waals surface area (Å²) >= 11 is 1.44. The molecule has 0 N–H and O–H groups in total. The van der Waals surface area contributed by atoms with Gasteiger partial charge in [-0.05, 0) is 31.2 Å². The van der Waals surface area contributed by atoms with Gasteiger partial charge in [-0.15, -0.1) is 0 Å². The molecule has 0 aliphatic carbocycles. The molecule has 4 rings (SSSR count). The highest BCUT2D eigenvalue weighted by Crippen LogP contribution is 2.21. The SMILES string of the molecule is CSc1ncc2c(=O)n(-c3c(C)cccc3C)c3nccn3c2n1. The molecule has 0 bridgehead atoms. The van der Waals surface area contributed by atoms with Crippen molar-refractivity contribution < 1.29 is 0 Å². The van der Waals surface area contributed by atoms with Gasteiger partial charge < -0.3 is 0 Å². The molecule has 0 atom stereocenters. The number of thioether (sulfide) groups is 1. The van der Waals surface area contributed by atoms with Crippen LogP contribution in [0.2, 0.25) is 0 Å². The van der Waals surface area contributed by atoms with E-state index >= 15 is 0 Å². The monoisotopic (exact) mass is 337 g/mol. The normalized spacial score (nSPS) is 11.5. The third-order valence-electron chi connectivity index (χ3n) is 4.08. The Hall–Kier alpha value is -2.67. The summed E-state index contributed by atoms with van der Waals surface area (Å²) in [6.45, 7) is 3.98. The summed E-state index contributed by atoms with van der Waals surface area (Å²) in [5, 5.41) is 1.10. The Morgan fingerprint density at radius 3 is 2.58 bits per heavy atom. The maximum absolute atomic E-state index is 13.2. The lowest BCUT2D eigenvalue weighted by Crippen LogP contribution is -2.23. The second kappa shape index (κ2) is 5.45. The van der Waals surface area contributed by atoms with Crippen LogP contribution in [0, 0.1) is 13.8 Å². The summed E-state index contributed by atoms with van der Waals surface area (Å²) in [6.07, 6.45) is 7.00. The Morgan fingerprint density at radius 2 is 1.88 bits per heavy atom. The molecule has 3 heterocycles. The first-order valence-electron chi connectivity index (χ1n) is 7.47. The molecule has 3 aromatic heterocycles. The number of aromatic nitrogens is 5. The van der Waals surface area contributed by atoms with Crippen molar-refractivity contribution in [1.29, 1.82) is 0 Å². The van der Waals surface area contributed by atoms with Crippen molar-refractivity contribution in [3.05, 3.63) is 58.3 Å². The zero-order chi connectivity index (χ0) is 16.8. The van der Waals surface area contributed by atoms with Gasteiger partial charge in [0.15, 0.2) is 10.8 Å². The average molecular weight is 337 g/mol. The number of hydrogen-bond acceptors (Lipinski definition) is 5. The van der Waals surface area contributed by atoms with Crippen molar-refractivity contribution in [2.24, 2.45) is 0 Å². The standard InChI is InChI=1S/C17H15N5OS/c1-10-5-4-6-11(2)13(10)22-15(23)12-9-19-16(24-3)20-14(12)21-8-7-18-17(21)22/h4-9H,1-3H3. The number of imidazole rings is 1. The highest BCUT2D eigenvalue weighted by molar-refractivity contribution is 7.98. The summed E-state index contributed by atoms with van der Waals surface area (Å²) in [4.78, 5) is 26.3. The van der Waals surface area contributed by atoms with E-state index in [0.29, 0.717) is 22.0 Å². The molecule has 4 aromatic rings. The van der Waals surface area contributed by atoms with E-state index in [9.17, 15) is 4.79 Å². The van der Waals surface area contributed by atoms with Crippen molar-refractivity contribution >= 4 is 28.6 Å². The van der Waals surface area contributed by atoms with Gasteiger partial charge in [-0.3, -0.25) is 9.20 Å². The second-order valence-corrected chi connectivity index (χ2v) is 6.35. The Bertz CT molecular complexity index is 1120. The van der Waals surface area contributed by atoms with Crippen LogP contribution in [0.4, 0.5) is 0 Å². The molecule has 0 saturated carbocycles. The van der Waals surface area contributed by atoms with E-state index in [0.717, 1.165) is 16.8 Å². The molecule has 0 aliphatic rings. The number of rotatable bonds is 2. The van der Waals surface area contributed by atoms with Crippen LogP contribution in [0.1, 0.15) is 11.1 Å². The Morgan fingerprint density at radius 1 is 1.12 bits per heavy atom. The van der Waals surface area contributed by atoms with E-state index < -0.39 is 0 Å². The molecule has 1 aromatic carbocycles. The summed E-state index contributed by atoms with van der Waals surface area (Å²) < 4.78 is 3.49. The molecule has 6 nitrogen and oxygen atoms in total. The maximum Gasteiger partial charge on any atom is 0.270 e. The molecule has 24 heavy (non-hydrogen) atoms. The van der Waals surface area contributed by atoms with Gasteiger partial charge in [-0.25, -0.2) is 19.5 Å². The van der Waals surface area contributed by atoms with Gasteiger partial charge in [-0.2, -0.15) is 0 Å². The molecule has 0 spiro atoms. The lowest BCUT2D eigenvalue weighted by atomic mass is 10.1. The molecular formula is C17H15N5OS. The number of para-hydroxylation sites is 1. The van der Waals surface area contributed by atoms with E-state index in [4.69, 9.17) is 0 Å². The molecular weight excluding hydrogens is 322 g/mol. The molecule has 0 fully saturated rings. The molecule has 0 unspecified atom stereocenters. The maximum atomic E-state index is 13.2. The fourth-order valence-corrected chi connectivity index (χ4v) is 3.32. The summed E-state index contributed by atoms with van der Waals surface area (Å²) in [5.41, 5.74) is 3.31. The van der Waals surface area contributed by atoms with Gasteiger partial charge in [-0.1, -0.05) is 30.0 Å². The first-order chi connectivity index (χ1) is 11.6. The van der Waals surface area contributed by atoms with Crippen LogP contribution in [0.15, 0.2) is 46.7 Å². The van der Waals surface area contributed by atoms with Crippen molar-refractivity contribution in [2.75, 3.05) is 6.26 Å². The van der Waals surface area contributed by atoms with Gasteiger partial charge in [0.2, 0.25) is 5.78 Å². The predicted molar refractivity (Wildman–Crippen MR) is 95.1 cm³/mol. The number of benzene rings is 1. The van der Waals surface area contributed by atoms with Crippen LogP contribution in [0.3, 0.4) is 0 Å². The first-order valence-corrected chi connectivity index (χ1v) is 8.69.